The predicted octanol–water partition coefficient (Wildman–Crippen LogP) is 1.91. The van der Waals surface area contributed by atoms with Gasteiger partial charge in [0.1, 0.15) is 6.29 Å². The van der Waals surface area contributed by atoms with E-state index >= 15 is 0 Å². The van der Waals surface area contributed by atoms with Gasteiger partial charge in [0.25, 0.3) is 11.5 Å². The molecule has 0 aliphatic heterocycles. The van der Waals surface area contributed by atoms with Crippen LogP contribution in [-0.2, 0) is 4.79 Å². The number of benzene rings is 2. The van der Waals surface area contributed by atoms with Gasteiger partial charge in [0.15, 0.2) is 0 Å². The van der Waals surface area contributed by atoms with E-state index < -0.39 is 6.04 Å². The number of aromatic amines is 1. The maximum absolute atomic E-state index is 12.2. The molecule has 0 fully saturated rings. The minimum Gasteiger partial charge on any atom is -0.342 e. The van der Waals surface area contributed by atoms with E-state index in [0.29, 0.717) is 22.8 Å². The maximum Gasteiger partial charge on any atom is 0.256 e. The molecule has 3 rings (SSSR count). The number of H-pyrrole nitrogens is 1. The number of aromatic nitrogens is 1. The van der Waals surface area contributed by atoms with E-state index in [4.69, 9.17) is 0 Å². The van der Waals surface area contributed by atoms with Crippen LogP contribution >= 0.6 is 12.6 Å². The molecule has 6 heteroatoms. The van der Waals surface area contributed by atoms with Crippen LogP contribution in [0.25, 0.3) is 21.7 Å². The van der Waals surface area contributed by atoms with E-state index in [1.807, 2.05) is 18.2 Å². The molecule has 0 bridgehead atoms. The summed E-state index contributed by atoms with van der Waals surface area (Å²) in [5, 5.41) is 4.87. The Hall–Kier alpha value is -2.60. The Morgan fingerprint density at radius 2 is 1.91 bits per heavy atom. The molecule has 116 valence electrons. The molecule has 0 aliphatic rings. The first-order chi connectivity index (χ1) is 11.1. The van der Waals surface area contributed by atoms with Gasteiger partial charge in [-0.1, -0.05) is 24.3 Å². The van der Waals surface area contributed by atoms with Crippen LogP contribution in [0.2, 0.25) is 0 Å². The van der Waals surface area contributed by atoms with Gasteiger partial charge in [-0.2, -0.15) is 12.6 Å². The third kappa shape index (κ3) is 2.85. The highest BCUT2D eigenvalue weighted by Crippen LogP contribution is 2.21. The van der Waals surface area contributed by atoms with Crippen molar-refractivity contribution in [3.63, 3.8) is 0 Å². The van der Waals surface area contributed by atoms with Crippen LogP contribution in [0.15, 0.2) is 47.3 Å². The number of thiol groups is 1. The number of aldehydes is 1. The number of amides is 1. The molecular weight excluding hydrogens is 312 g/mol. The Morgan fingerprint density at radius 3 is 2.61 bits per heavy atom. The Labute approximate surface area is 137 Å². The summed E-state index contributed by atoms with van der Waals surface area (Å²) < 4.78 is 0. The Balaban J connectivity index is 2.09. The molecule has 0 spiro atoms. The molecule has 0 radical (unpaired) electrons. The molecule has 0 saturated carbocycles. The lowest BCUT2D eigenvalue weighted by atomic mass is 10.0. The summed E-state index contributed by atoms with van der Waals surface area (Å²) >= 11 is 4.00. The van der Waals surface area contributed by atoms with Gasteiger partial charge in [-0.3, -0.25) is 9.59 Å². The SMILES string of the molecule is O=C[C@H](CS)NC(=O)c1ccc2c(c1)[nH]c(=O)c1ccccc12. The van der Waals surface area contributed by atoms with Crippen molar-refractivity contribution in [1.82, 2.24) is 10.3 Å². The van der Waals surface area contributed by atoms with E-state index in [0.717, 1.165) is 10.8 Å². The van der Waals surface area contributed by atoms with Crippen molar-refractivity contribution in [3.8, 4) is 0 Å². The Bertz CT molecular complexity index is 965. The van der Waals surface area contributed by atoms with Crippen molar-refractivity contribution >= 4 is 46.5 Å². The largest absolute Gasteiger partial charge is 0.342 e. The topological polar surface area (TPSA) is 79.0 Å². The van der Waals surface area contributed by atoms with Crippen molar-refractivity contribution < 1.29 is 9.59 Å². The molecule has 0 saturated heterocycles. The molecule has 0 unspecified atom stereocenters. The minimum absolute atomic E-state index is 0.202. The lowest BCUT2D eigenvalue weighted by Gasteiger charge is -2.11. The molecular formula is C17H14N2O3S. The van der Waals surface area contributed by atoms with Crippen LogP contribution < -0.4 is 10.9 Å². The van der Waals surface area contributed by atoms with E-state index in [-0.39, 0.29) is 17.2 Å². The van der Waals surface area contributed by atoms with Crippen molar-refractivity contribution in [3.05, 3.63) is 58.4 Å². The molecule has 1 aromatic heterocycles. The van der Waals surface area contributed by atoms with Crippen molar-refractivity contribution in [2.75, 3.05) is 5.75 Å². The van der Waals surface area contributed by atoms with Gasteiger partial charge in [-0.05, 0) is 23.6 Å². The summed E-state index contributed by atoms with van der Waals surface area (Å²) in [5.41, 5.74) is 0.749. The molecule has 1 amide bonds. The van der Waals surface area contributed by atoms with Crippen LogP contribution in [0.3, 0.4) is 0 Å². The Morgan fingerprint density at radius 1 is 1.17 bits per heavy atom. The molecule has 3 aromatic rings. The van der Waals surface area contributed by atoms with E-state index in [2.05, 4.69) is 22.9 Å². The lowest BCUT2D eigenvalue weighted by molar-refractivity contribution is -0.109. The second-order valence-corrected chi connectivity index (χ2v) is 5.52. The summed E-state index contributed by atoms with van der Waals surface area (Å²) in [4.78, 5) is 37.9. The first-order valence-corrected chi connectivity index (χ1v) is 7.69. The van der Waals surface area contributed by atoms with Gasteiger partial charge in [0.2, 0.25) is 0 Å². The first-order valence-electron chi connectivity index (χ1n) is 7.06. The third-order valence-corrected chi connectivity index (χ3v) is 4.06. The van der Waals surface area contributed by atoms with Gasteiger partial charge in [-0.25, -0.2) is 0 Å². The highest BCUT2D eigenvalue weighted by atomic mass is 32.1. The zero-order valence-corrected chi connectivity index (χ0v) is 13.0. The summed E-state index contributed by atoms with van der Waals surface area (Å²) in [7, 11) is 0. The second kappa shape index (κ2) is 6.26. The maximum atomic E-state index is 12.2. The average Bonchev–Trinajstić information content (AvgIpc) is 2.59. The molecule has 5 nitrogen and oxygen atoms in total. The van der Waals surface area contributed by atoms with Crippen molar-refractivity contribution in [1.29, 1.82) is 0 Å². The van der Waals surface area contributed by atoms with Gasteiger partial charge in [0.05, 0.1) is 6.04 Å². The predicted molar refractivity (Wildman–Crippen MR) is 93.2 cm³/mol. The first kappa shape index (κ1) is 15.3. The fourth-order valence-electron chi connectivity index (χ4n) is 2.50. The monoisotopic (exact) mass is 326 g/mol. The van der Waals surface area contributed by atoms with E-state index in [9.17, 15) is 14.4 Å². The summed E-state index contributed by atoms with van der Waals surface area (Å²) in [6.07, 6.45) is 0.640. The van der Waals surface area contributed by atoms with Crippen molar-refractivity contribution in [2.24, 2.45) is 0 Å². The van der Waals surface area contributed by atoms with Gasteiger partial charge in [0, 0.05) is 27.6 Å². The highest BCUT2D eigenvalue weighted by Gasteiger charge is 2.13. The zero-order chi connectivity index (χ0) is 16.4. The number of carbonyl (C=O) groups is 2. The van der Waals surface area contributed by atoms with Crippen molar-refractivity contribution in [2.45, 2.75) is 6.04 Å². The number of rotatable bonds is 4. The second-order valence-electron chi connectivity index (χ2n) is 5.16. The standard InChI is InChI=1S/C17H14N2O3S/c20-8-11(9-23)18-16(21)10-5-6-13-12-3-1-2-4-14(12)17(22)19-15(13)7-10/h1-8,11,23H,9H2,(H,18,21)(H,19,22)/t11-/m1/s1. The normalized spacial score (nSPS) is 12.2. The Kier molecular flexibility index (Phi) is 4.16. The highest BCUT2D eigenvalue weighted by molar-refractivity contribution is 7.80. The minimum atomic E-state index is -0.641. The number of hydrogen-bond acceptors (Lipinski definition) is 4. The van der Waals surface area contributed by atoms with E-state index in [1.54, 1.807) is 24.3 Å². The molecule has 1 atom stereocenters. The molecule has 23 heavy (non-hydrogen) atoms. The molecule has 2 N–H and O–H groups in total. The number of nitrogens with one attached hydrogen (secondary N) is 2. The third-order valence-electron chi connectivity index (χ3n) is 3.67. The summed E-state index contributed by atoms with van der Waals surface area (Å²) in [6, 6.07) is 11.7. The molecule has 0 aliphatic carbocycles. The average molecular weight is 326 g/mol. The number of carbonyl (C=O) groups excluding carboxylic acids is 2. The van der Waals surface area contributed by atoms with Gasteiger partial charge < -0.3 is 15.1 Å². The van der Waals surface area contributed by atoms with Crippen LogP contribution in [-0.4, -0.2) is 29.0 Å². The fourth-order valence-corrected chi connectivity index (χ4v) is 2.68. The number of pyridine rings is 1. The van der Waals surface area contributed by atoms with Crippen LogP contribution in [0.1, 0.15) is 10.4 Å². The quantitative estimate of drug-likeness (QED) is 0.389. The van der Waals surface area contributed by atoms with Gasteiger partial charge >= 0.3 is 0 Å². The molecule has 2 aromatic carbocycles. The lowest BCUT2D eigenvalue weighted by Crippen LogP contribution is -2.37. The fraction of sp³-hybridized carbons (Fsp3) is 0.118. The number of fused-ring (bicyclic) bond motifs is 3. The smallest absolute Gasteiger partial charge is 0.256 e. The van der Waals surface area contributed by atoms with Crippen LogP contribution in [0.5, 0.6) is 0 Å². The van der Waals surface area contributed by atoms with Gasteiger partial charge in [-0.15, -0.1) is 0 Å². The van der Waals surface area contributed by atoms with Crippen LogP contribution in [0.4, 0.5) is 0 Å². The molecule has 1 heterocycles. The summed E-state index contributed by atoms with van der Waals surface area (Å²) in [5.74, 6) is -0.156. The zero-order valence-electron chi connectivity index (χ0n) is 12.1. The van der Waals surface area contributed by atoms with E-state index in [1.165, 1.54) is 0 Å². The number of hydrogen-bond donors (Lipinski definition) is 3. The van der Waals surface area contributed by atoms with Crippen LogP contribution in [0, 0.1) is 0 Å². The summed E-state index contributed by atoms with van der Waals surface area (Å²) in [6.45, 7) is 0.